The van der Waals surface area contributed by atoms with E-state index in [1.54, 1.807) is 11.3 Å². The molecule has 1 fully saturated rings. The zero-order valence-corrected chi connectivity index (χ0v) is 22.3. The third kappa shape index (κ3) is 3.69. The van der Waals surface area contributed by atoms with Crippen LogP contribution in [-0.4, -0.2) is 52.7 Å². The van der Waals surface area contributed by atoms with Crippen molar-refractivity contribution < 1.29 is 4.52 Å². The lowest BCUT2D eigenvalue weighted by atomic mass is 9.63. The highest BCUT2D eigenvalue weighted by Crippen LogP contribution is 2.55. The minimum absolute atomic E-state index is 0.305. The van der Waals surface area contributed by atoms with E-state index in [9.17, 15) is 5.26 Å². The first-order valence-electron chi connectivity index (χ1n) is 12.7. The summed E-state index contributed by atoms with van der Waals surface area (Å²) >= 11 is 8.09. The third-order valence-corrected chi connectivity index (χ3v) is 9.37. The number of halogens is 1. The van der Waals surface area contributed by atoms with Crippen LogP contribution in [0.1, 0.15) is 66.4 Å². The molecule has 0 aromatic carbocycles. The van der Waals surface area contributed by atoms with E-state index in [2.05, 4.69) is 40.0 Å². The Hall–Kier alpha value is -2.67. The van der Waals surface area contributed by atoms with Crippen molar-refractivity contribution in [2.75, 3.05) is 37.3 Å². The van der Waals surface area contributed by atoms with Gasteiger partial charge in [-0.05, 0) is 71.0 Å². The predicted octanol–water partition coefficient (Wildman–Crippen LogP) is 4.79. The smallest absolute Gasteiger partial charge is 0.185 e. The molecule has 2 N–H and O–H groups in total. The van der Waals surface area contributed by atoms with Crippen LogP contribution in [0.5, 0.6) is 0 Å². The highest BCUT2D eigenvalue weighted by Gasteiger charge is 2.48. The van der Waals surface area contributed by atoms with Gasteiger partial charge in [0.1, 0.15) is 22.0 Å². The number of hydrogen-bond acceptors (Lipinski definition) is 9. The Labute approximate surface area is 220 Å². The Morgan fingerprint density at radius 1 is 1.22 bits per heavy atom. The summed E-state index contributed by atoms with van der Waals surface area (Å²) < 4.78 is 6.14. The summed E-state index contributed by atoms with van der Waals surface area (Å²) in [7, 11) is 2.16. The summed E-state index contributed by atoms with van der Waals surface area (Å²) in [6.07, 6.45) is 6.71. The van der Waals surface area contributed by atoms with Crippen molar-refractivity contribution in [1.82, 2.24) is 20.0 Å². The standard InChI is InChI=1S/C26H30ClN7OS/c1-15-14-33(2)10-5-11-34(15)20-12-19(27)30-25(31-20)22-16-6-3-8-26(23(16)35-32-22)9-4-7-18-21(26)17(13-28)24(29)36-18/h12,15H,3-11,14,29H2,1-2H3/t15-,26-/m0/s1. The fourth-order valence-electron chi connectivity index (χ4n) is 6.59. The van der Waals surface area contributed by atoms with Gasteiger partial charge in [0.15, 0.2) is 17.3 Å². The first kappa shape index (κ1) is 23.7. The van der Waals surface area contributed by atoms with Gasteiger partial charge in [0.2, 0.25) is 0 Å². The Kier molecular flexibility index (Phi) is 5.94. The summed E-state index contributed by atoms with van der Waals surface area (Å²) in [4.78, 5) is 15.4. The highest BCUT2D eigenvalue weighted by atomic mass is 35.5. The molecule has 0 amide bonds. The molecule has 0 saturated carbocycles. The van der Waals surface area contributed by atoms with Gasteiger partial charge in [-0.15, -0.1) is 11.3 Å². The predicted molar refractivity (Wildman–Crippen MR) is 142 cm³/mol. The van der Waals surface area contributed by atoms with Crippen LogP contribution in [-0.2, 0) is 18.3 Å². The van der Waals surface area contributed by atoms with Gasteiger partial charge in [0.05, 0.1) is 11.0 Å². The molecule has 3 aromatic rings. The second kappa shape index (κ2) is 9.02. The maximum atomic E-state index is 9.94. The van der Waals surface area contributed by atoms with Crippen molar-refractivity contribution in [3.63, 3.8) is 0 Å². The number of likely N-dealkylation sites (N-methyl/N-ethyl adjacent to an activating group) is 1. The van der Waals surface area contributed by atoms with Gasteiger partial charge < -0.3 is 20.1 Å². The first-order valence-corrected chi connectivity index (χ1v) is 13.9. The van der Waals surface area contributed by atoms with E-state index in [1.165, 1.54) is 4.88 Å². The summed E-state index contributed by atoms with van der Waals surface area (Å²) in [5.41, 5.74) is 9.31. The number of nitrogens with zero attached hydrogens (tertiary/aromatic N) is 6. The zero-order chi connectivity index (χ0) is 25.0. The van der Waals surface area contributed by atoms with Crippen molar-refractivity contribution >= 4 is 33.8 Å². The third-order valence-electron chi connectivity index (χ3n) is 8.09. The molecular weight excluding hydrogens is 494 g/mol. The van der Waals surface area contributed by atoms with Gasteiger partial charge in [-0.2, -0.15) is 5.26 Å². The van der Waals surface area contributed by atoms with Crippen molar-refractivity contribution in [3.8, 4) is 17.6 Å². The minimum atomic E-state index is -0.364. The number of aryl methyl sites for hydroxylation is 1. The van der Waals surface area contributed by atoms with Gasteiger partial charge >= 0.3 is 0 Å². The van der Waals surface area contributed by atoms with Crippen molar-refractivity contribution in [1.29, 1.82) is 5.26 Å². The molecule has 36 heavy (non-hydrogen) atoms. The fourth-order valence-corrected chi connectivity index (χ4v) is 7.93. The lowest BCUT2D eigenvalue weighted by molar-refractivity contribution is 0.265. The minimum Gasteiger partial charge on any atom is -0.389 e. The summed E-state index contributed by atoms with van der Waals surface area (Å²) in [6.45, 7) is 5.16. The number of aromatic nitrogens is 3. The summed E-state index contributed by atoms with van der Waals surface area (Å²) in [5, 5.41) is 15.5. The molecular formula is C26H30ClN7OS. The largest absolute Gasteiger partial charge is 0.389 e. The molecule has 3 aromatic heterocycles. The van der Waals surface area contributed by atoms with E-state index in [1.807, 2.05) is 6.07 Å². The number of anilines is 2. The second-order valence-corrected chi connectivity index (χ2v) is 11.9. The molecule has 8 nitrogen and oxygen atoms in total. The van der Waals surface area contributed by atoms with Gasteiger partial charge in [-0.3, -0.25) is 0 Å². The molecule has 0 unspecified atom stereocenters. The van der Waals surface area contributed by atoms with Gasteiger partial charge in [-0.1, -0.05) is 16.8 Å². The SMILES string of the molecule is C[C@H]1CN(C)CCCN1c1cc(Cl)nc(-c2noc3c2CCC[C@@]32CCCc3sc(N)c(C#N)c32)n1. The van der Waals surface area contributed by atoms with Crippen LogP contribution in [0.2, 0.25) is 5.15 Å². The van der Waals surface area contributed by atoms with Crippen molar-refractivity contribution in [2.24, 2.45) is 0 Å². The Balaban J connectivity index is 1.45. The summed E-state index contributed by atoms with van der Waals surface area (Å²) in [6, 6.07) is 4.53. The van der Waals surface area contributed by atoms with Crippen LogP contribution in [0, 0.1) is 11.3 Å². The van der Waals surface area contributed by atoms with Crippen LogP contribution in [0.4, 0.5) is 10.8 Å². The molecule has 2 atom stereocenters. The maximum Gasteiger partial charge on any atom is 0.185 e. The number of nitriles is 1. The average Bonchev–Trinajstić information content (AvgIpc) is 3.38. The van der Waals surface area contributed by atoms with Crippen molar-refractivity contribution in [2.45, 2.75) is 63.3 Å². The quantitative estimate of drug-likeness (QED) is 0.477. The molecule has 2 aliphatic carbocycles. The molecule has 1 aliphatic heterocycles. The Morgan fingerprint density at radius 2 is 2.03 bits per heavy atom. The van der Waals surface area contributed by atoms with Gasteiger partial charge in [0.25, 0.3) is 0 Å². The highest BCUT2D eigenvalue weighted by molar-refractivity contribution is 7.16. The molecule has 4 heterocycles. The number of nitrogens with two attached hydrogens (primary N) is 1. The average molecular weight is 524 g/mol. The lowest BCUT2D eigenvalue weighted by Gasteiger charge is -2.39. The van der Waals surface area contributed by atoms with Crippen LogP contribution in [0.15, 0.2) is 10.6 Å². The van der Waals surface area contributed by atoms with Crippen LogP contribution in [0.25, 0.3) is 11.5 Å². The zero-order valence-electron chi connectivity index (χ0n) is 20.7. The molecule has 10 heteroatoms. The molecule has 6 rings (SSSR count). The lowest BCUT2D eigenvalue weighted by Crippen LogP contribution is -2.38. The van der Waals surface area contributed by atoms with Gasteiger partial charge in [-0.25, -0.2) is 9.97 Å². The second-order valence-electron chi connectivity index (χ2n) is 10.4. The van der Waals surface area contributed by atoms with E-state index in [-0.39, 0.29) is 5.41 Å². The number of rotatable bonds is 2. The molecule has 188 valence electrons. The van der Waals surface area contributed by atoms with E-state index in [4.69, 9.17) is 26.8 Å². The van der Waals surface area contributed by atoms with E-state index in [0.717, 1.165) is 87.3 Å². The fraction of sp³-hybridized carbons (Fsp3) is 0.538. The maximum absolute atomic E-state index is 9.94. The Morgan fingerprint density at radius 3 is 2.83 bits per heavy atom. The molecule has 1 saturated heterocycles. The van der Waals surface area contributed by atoms with E-state index in [0.29, 0.717) is 33.3 Å². The molecule has 3 aliphatic rings. The van der Waals surface area contributed by atoms with E-state index < -0.39 is 0 Å². The molecule has 0 radical (unpaired) electrons. The van der Waals surface area contributed by atoms with Crippen LogP contribution in [0.3, 0.4) is 0 Å². The monoisotopic (exact) mass is 523 g/mol. The Bertz CT molecular complexity index is 1360. The topological polar surface area (TPSA) is 108 Å². The van der Waals surface area contributed by atoms with Crippen molar-refractivity contribution in [3.05, 3.63) is 38.5 Å². The normalized spacial score (nSPS) is 24.3. The summed E-state index contributed by atoms with van der Waals surface area (Å²) in [5.74, 6) is 2.19. The number of nitrogen functional groups attached to an aromatic ring is 1. The van der Waals surface area contributed by atoms with E-state index >= 15 is 0 Å². The van der Waals surface area contributed by atoms with Crippen LogP contribution >= 0.6 is 22.9 Å². The molecule has 0 bridgehead atoms. The number of fused-ring (bicyclic) bond motifs is 4. The number of hydrogen-bond donors (Lipinski definition) is 1. The molecule has 1 spiro atoms. The van der Waals surface area contributed by atoms with Gasteiger partial charge in [0, 0.05) is 35.6 Å². The van der Waals surface area contributed by atoms with Crippen LogP contribution < -0.4 is 10.6 Å². The first-order chi connectivity index (χ1) is 17.4. The number of thiophene rings is 1.